The maximum absolute atomic E-state index is 12.4. The van der Waals surface area contributed by atoms with Crippen LogP contribution in [0.1, 0.15) is 37.0 Å². The molecule has 4 nitrogen and oxygen atoms in total. The monoisotopic (exact) mass is 339 g/mol. The number of hydrogen-bond donors (Lipinski definition) is 1. The van der Waals surface area contributed by atoms with Gasteiger partial charge in [-0.15, -0.1) is 11.3 Å². The molecule has 2 heterocycles. The molecule has 1 saturated carbocycles. The van der Waals surface area contributed by atoms with Gasteiger partial charge in [0.15, 0.2) is 4.96 Å². The first-order valence-electron chi connectivity index (χ1n) is 8.55. The van der Waals surface area contributed by atoms with E-state index in [0.29, 0.717) is 0 Å². The van der Waals surface area contributed by atoms with Crippen LogP contribution in [0.4, 0.5) is 5.69 Å². The number of anilines is 1. The maximum Gasteiger partial charge on any atom is 0.227 e. The Balaban J connectivity index is 1.54. The summed E-state index contributed by atoms with van der Waals surface area (Å²) in [6.45, 7) is 2.08. The zero-order valence-corrected chi connectivity index (χ0v) is 14.6. The second kappa shape index (κ2) is 6.40. The molecule has 0 saturated heterocycles. The zero-order chi connectivity index (χ0) is 16.5. The van der Waals surface area contributed by atoms with Gasteiger partial charge in [-0.05, 0) is 31.9 Å². The summed E-state index contributed by atoms with van der Waals surface area (Å²) in [5.41, 5.74) is 2.83. The number of benzene rings is 1. The number of hydrogen-bond acceptors (Lipinski definition) is 3. The molecule has 0 atom stereocenters. The summed E-state index contributed by atoms with van der Waals surface area (Å²) in [6.07, 6.45) is 9.76. The molecule has 3 aromatic rings. The molecule has 1 N–H and O–H groups in total. The van der Waals surface area contributed by atoms with Gasteiger partial charge in [-0.3, -0.25) is 9.20 Å². The number of aryl methyl sites for hydroxylation is 1. The number of nitrogens with zero attached hydrogens (tertiary/aromatic N) is 2. The van der Waals surface area contributed by atoms with Crippen LogP contribution in [0.2, 0.25) is 0 Å². The average molecular weight is 339 g/mol. The van der Waals surface area contributed by atoms with E-state index in [1.54, 1.807) is 11.3 Å². The van der Waals surface area contributed by atoms with Crippen molar-refractivity contribution < 1.29 is 4.79 Å². The van der Waals surface area contributed by atoms with Gasteiger partial charge in [-0.2, -0.15) is 0 Å². The van der Waals surface area contributed by atoms with E-state index in [-0.39, 0.29) is 11.8 Å². The van der Waals surface area contributed by atoms with Gasteiger partial charge in [0.25, 0.3) is 0 Å². The Bertz CT molecular complexity index is 842. The molecule has 124 valence electrons. The highest BCUT2D eigenvalue weighted by atomic mass is 32.1. The average Bonchev–Trinajstić information content (AvgIpc) is 3.13. The predicted molar refractivity (Wildman–Crippen MR) is 98.4 cm³/mol. The Kier molecular flexibility index (Phi) is 4.10. The van der Waals surface area contributed by atoms with Gasteiger partial charge in [0.1, 0.15) is 0 Å². The summed E-state index contributed by atoms with van der Waals surface area (Å²) < 4.78 is 2.06. The van der Waals surface area contributed by atoms with E-state index in [1.165, 1.54) is 24.1 Å². The summed E-state index contributed by atoms with van der Waals surface area (Å²) in [7, 11) is 0. The summed E-state index contributed by atoms with van der Waals surface area (Å²) >= 11 is 1.68. The van der Waals surface area contributed by atoms with Gasteiger partial charge in [0, 0.05) is 34.4 Å². The van der Waals surface area contributed by atoms with Crippen molar-refractivity contribution in [3.05, 3.63) is 41.5 Å². The minimum absolute atomic E-state index is 0.160. The summed E-state index contributed by atoms with van der Waals surface area (Å²) in [4.78, 5) is 19.4. The molecule has 0 radical (unpaired) electrons. The number of aromatic nitrogens is 2. The molecule has 2 aromatic heterocycles. The van der Waals surface area contributed by atoms with Crippen molar-refractivity contribution in [2.24, 2.45) is 5.92 Å². The first-order chi connectivity index (χ1) is 11.7. The predicted octanol–water partition coefficient (Wildman–Crippen LogP) is 4.89. The van der Waals surface area contributed by atoms with Crippen LogP contribution < -0.4 is 5.32 Å². The van der Waals surface area contributed by atoms with Crippen LogP contribution in [0.15, 0.2) is 36.7 Å². The van der Waals surface area contributed by atoms with Crippen molar-refractivity contribution in [1.29, 1.82) is 0 Å². The number of amides is 1. The number of imidazole rings is 1. The zero-order valence-electron chi connectivity index (χ0n) is 13.8. The Morgan fingerprint density at radius 2 is 2.08 bits per heavy atom. The number of thiazole rings is 1. The molecule has 4 rings (SSSR count). The van der Waals surface area contributed by atoms with E-state index in [0.717, 1.165) is 34.7 Å². The molecule has 0 aliphatic heterocycles. The molecule has 1 amide bonds. The van der Waals surface area contributed by atoms with E-state index in [4.69, 9.17) is 0 Å². The number of rotatable bonds is 3. The van der Waals surface area contributed by atoms with Crippen molar-refractivity contribution in [3.63, 3.8) is 0 Å². The number of fused-ring (bicyclic) bond motifs is 1. The van der Waals surface area contributed by atoms with Crippen LogP contribution in [-0.2, 0) is 4.79 Å². The lowest BCUT2D eigenvalue weighted by atomic mass is 9.88. The largest absolute Gasteiger partial charge is 0.326 e. The lowest BCUT2D eigenvalue weighted by Crippen LogP contribution is -2.24. The van der Waals surface area contributed by atoms with Crippen molar-refractivity contribution in [3.8, 4) is 11.3 Å². The second-order valence-corrected chi connectivity index (χ2v) is 7.78. The van der Waals surface area contributed by atoms with Crippen LogP contribution in [-0.4, -0.2) is 15.3 Å². The van der Waals surface area contributed by atoms with Gasteiger partial charge in [-0.1, -0.05) is 31.4 Å². The Morgan fingerprint density at radius 1 is 1.25 bits per heavy atom. The highest BCUT2D eigenvalue weighted by Gasteiger charge is 2.21. The van der Waals surface area contributed by atoms with E-state index >= 15 is 0 Å². The van der Waals surface area contributed by atoms with Crippen LogP contribution in [0.3, 0.4) is 0 Å². The topological polar surface area (TPSA) is 46.4 Å². The van der Waals surface area contributed by atoms with Crippen molar-refractivity contribution >= 4 is 27.9 Å². The van der Waals surface area contributed by atoms with Gasteiger partial charge >= 0.3 is 0 Å². The third kappa shape index (κ3) is 3.08. The lowest BCUT2D eigenvalue weighted by molar-refractivity contribution is -0.120. The second-order valence-electron chi connectivity index (χ2n) is 6.56. The number of carbonyl (C=O) groups excluding carboxylic acids is 1. The van der Waals surface area contributed by atoms with Gasteiger partial charge in [0.2, 0.25) is 5.91 Å². The number of carbonyl (C=O) groups is 1. The summed E-state index contributed by atoms with van der Waals surface area (Å²) in [5, 5.41) is 3.09. The molecule has 5 heteroatoms. The third-order valence-electron chi connectivity index (χ3n) is 4.67. The molecule has 1 aromatic carbocycles. The molecular weight excluding hydrogens is 318 g/mol. The highest BCUT2D eigenvalue weighted by Crippen LogP contribution is 2.27. The molecule has 1 aliphatic rings. The van der Waals surface area contributed by atoms with Crippen LogP contribution >= 0.6 is 11.3 Å². The smallest absolute Gasteiger partial charge is 0.227 e. The quantitative estimate of drug-likeness (QED) is 0.738. The van der Waals surface area contributed by atoms with Crippen molar-refractivity contribution in [1.82, 2.24) is 9.38 Å². The summed E-state index contributed by atoms with van der Waals surface area (Å²) in [5.74, 6) is 0.330. The van der Waals surface area contributed by atoms with Crippen LogP contribution in [0, 0.1) is 12.8 Å². The van der Waals surface area contributed by atoms with Gasteiger partial charge in [0.05, 0.1) is 5.69 Å². The minimum Gasteiger partial charge on any atom is -0.326 e. The van der Waals surface area contributed by atoms with Gasteiger partial charge < -0.3 is 5.32 Å². The molecule has 0 spiro atoms. The van der Waals surface area contributed by atoms with E-state index in [9.17, 15) is 4.79 Å². The Labute approximate surface area is 145 Å². The van der Waals surface area contributed by atoms with Crippen molar-refractivity contribution in [2.75, 3.05) is 5.32 Å². The molecule has 0 bridgehead atoms. The van der Waals surface area contributed by atoms with E-state index in [2.05, 4.69) is 27.8 Å². The first-order valence-corrected chi connectivity index (χ1v) is 9.37. The Morgan fingerprint density at radius 3 is 2.88 bits per heavy atom. The fourth-order valence-electron chi connectivity index (χ4n) is 3.42. The normalized spacial score (nSPS) is 15.7. The van der Waals surface area contributed by atoms with E-state index in [1.807, 2.05) is 30.5 Å². The number of nitrogens with one attached hydrogen (secondary N) is 1. The SMILES string of the molecule is Cc1cn2cc(-c3cccc(NC(=O)C4CCCCC4)c3)nc2s1. The first kappa shape index (κ1) is 15.4. The molecule has 1 fully saturated rings. The fourth-order valence-corrected chi connectivity index (χ4v) is 4.22. The standard InChI is InChI=1S/C19H21N3OS/c1-13-11-22-12-17(21-19(22)24-13)15-8-5-9-16(10-15)20-18(23)14-6-3-2-4-7-14/h5,8-12,14H,2-4,6-7H2,1H3,(H,20,23). The van der Waals surface area contributed by atoms with Crippen LogP contribution in [0.5, 0.6) is 0 Å². The fraction of sp³-hybridized carbons (Fsp3) is 0.368. The minimum atomic E-state index is 0.160. The van der Waals surface area contributed by atoms with Crippen LogP contribution in [0.25, 0.3) is 16.2 Å². The maximum atomic E-state index is 12.4. The Hall–Kier alpha value is -2.14. The molecule has 1 aliphatic carbocycles. The third-order valence-corrected chi connectivity index (χ3v) is 5.59. The summed E-state index contributed by atoms with van der Waals surface area (Å²) in [6, 6.07) is 7.98. The lowest BCUT2D eigenvalue weighted by Gasteiger charge is -2.20. The van der Waals surface area contributed by atoms with Crippen molar-refractivity contribution in [2.45, 2.75) is 39.0 Å². The molecule has 0 unspecified atom stereocenters. The molecular formula is C19H21N3OS. The van der Waals surface area contributed by atoms with E-state index < -0.39 is 0 Å². The molecule has 24 heavy (non-hydrogen) atoms. The highest BCUT2D eigenvalue weighted by molar-refractivity contribution is 7.17. The van der Waals surface area contributed by atoms with Gasteiger partial charge in [-0.25, -0.2) is 4.98 Å².